The largest absolute Gasteiger partial charge is 0.493 e. The van der Waals surface area contributed by atoms with Crippen LogP contribution in [0.3, 0.4) is 0 Å². The lowest BCUT2D eigenvalue weighted by Gasteiger charge is -2.38. The van der Waals surface area contributed by atoms with Crippen LogP contribution < -0.4 is 10.1 Å². The molecule has 1 aliphatic rings. The summed E-state index contributed by atoms with van der Waals surface area (Å²) in [7, 11) is 5.54. The third-order valence-electron chi connectivity index (χ3n) is 5.87. The molecule has 5 rings (SSSR count). The first-order valence-electron chi connectivity index (χ1n) is 10.3. The van der Waals surface area contributed by atoms with Gasteiger partial charge in [0.2, 0.25) is 11.6 Å². The van der Waals surface area contributed by atoms with E-state index in [1.165, 1.54) is 22.2 Å². The Morgan fingerprint density at radius 1 is 1.19 bits per heavy atom. The third kappa shape index (κ3) is 3.44. The van der Waals surface area contributed by atoms with Gasteiger partial charge in [-0.3, -0.25) is 4.79 Å². The molecule has 0 aromatic carbocycles. The number of anilines is 1. The van der Waals surface area contributed by atoms with Crippen molar-refractivity contribution in [1.82, 2.24) is 34.1 Å². The lowest BCUT2D eigenvalue weighted by atomic mass is 9.79. The number of hydrogen-bond donors (Lipinski definition) is 1. The van der Waals surface area contributed by atoms with Crippen LogP contribution in [0, 0.1) is 18.7 Å². The summed E-state index contributed by atoms with van der Waals surface area (Å²) < 4.78 is 23.2. The van der Waals surface area contributed by atoms with E-state index < -0.39 is 5.82 Å². The summed E-state index contributed by atoms with van der Waals surface area (Å²) in [5.74, 6) is 0.661. The number of rotatable bonds is 5. The lowest BCUT2D eigenvalue weighted by Crippen LogP contribution is -2.45. The monoisotopic (exact) mass is 438 g/mol. The number of aromatic nitrogens is 6. The molecule has 4 heterocycles. The maximum atomic E-state index is 14.9. The summed E-state index contributed by atoms with van der Waals surface area (Å²) >= 11 is 0. The Labute approximate surface area is 183 Å². The Hall–Kier alpha value is -3.60. The molecule has 0 aliphatic heterocycles. The summed E-state index contributed by atoms with van der Waals surface area (Å²) in [6.45, 7) is 1.76. The SMILES string of the molecule is COc1cc(-c2cc(F)c3nc(NC(=O)C4CC(N(C)C)C4)cn3c2)nn2nc(C)nc12. The van der Waals surface area contributed by atoms with Crippen LogP contribution in [-0.4, -0.2) is 67.3 Å². The Balaban J connectivity index is 1.44. The molecule has 0 atom stereocenters. The highest BCUT2D eigenvalue weighted by molar-refractivity contribution is 5.92. The van der Waals surface area contributed by atoms with Gasteiger partial charge in [-0.25, -0.2) is 14.4 Å². The van der Waals surface area contributed by atoms with Gasteiger partial charge >= 0.3 is 0 Å². The molecule has 32 heavy (non-hydrogen) atoms. The fraction of sp³-hybridized carbons (Fsp3) is 0.381. The van der Waals surface area contributed by atoms with E-state index in [1.807, 2.05) is 14.1 Å². The quantitative estimate of drug-likeness (QED) is 0.510. The molecule has 0 unspecified atom stereocenters. The molecule has 1 N–H and O–H groups in total. The van der Waals surface area contributed by atoms with Crippen LogP contribution in [-0.2, 0) is 4.79 Å². The van der Waals surface area contributed by atoms with E-state index in [4.69, 9.17) is 4.74 Å². The van der Waals surface area contributed by atoms with Crippen LogP contribution >= 0.6 is 0 Å². The Morgan fingerprint density at radius 3 is 2.69 bits per heavy atom. The zero-order valence-electron chi connectivity index (χ0n) is 18.2. The average molecular weight is 438 g/mol. The number of nitrogens with one attached hydrogen (secondary N) is 1. The first kappa shape index (κ1) is 20.3. The predicted molar refractivity (Wildman–Crippen MR) is 115 cm³/mol. The summed E-state index contributed by atoms with van der Waals surface area (Å²) in [6.07, 6.45) is 4.91. The van der Waals surface area contributed by atoms with Gasteiger partial charge in [-0.2, -0.15) is 0 Å². The Morgan fingerprint density at radius 2 is 1.97 bits per heavy atom. The molecule has 4 aromatic heterocycles. The number of carbonyl (C=O) groups is 1. The van der Waals surface area contributed by atoms with Crippen molar-refractivity contribution < 1.29 is 13.9 Å². The number of ether oxygens (including phenoxy) is 1. The molecule has 10 nitrogen and oxygen atoms in total. The van der Waals surface area contributed by atoms with Crippen molar-refractivity contribution >= 4 is 23.0 Å². The van der Waals surface area contributed by atoms with E-state index in [-0.39, 0.29) is 17.5 Å². The molecule has 166 valence electrons. The van der Waals surface area contributed by atoms with E-state index in [0.29, 0.717) is 40.3 Å². The zero-order valence-corrected chi connectivity index (χ0v) is 18.2. The third-order valence-corrected chi connectivity index (χ3v) is 5.87. The second kappa shape index (κ2) is 7.52. The van der Waals surface area contributed by atoms with Crippen LogP contribution in [0.5, 0.6) is 5.75 Å². The highest BCUT2D eigenvalue weighted by Crippen LogP contribution is 2.32. The molecule has 1 aliphatic carbocycles. The molecule has 1 amide bonds. The molecule has 0 radical (unpaired) electrons. The first-order chi connectivity index (χ1) is 15.3. The number of halogens is 1. The smallest absolute Gasteiger partial charge is 0.228 e. The van der Waals surface area contributed by atoms with Crippen LogP contribution in [0.15, 0.2) is 24.5 Å². The van der Waals surface area contributed by atoms with Gasteiger partial charge < -0.3 is 19.4 Å². The molecule has 0 saturated heterocycles. The second-order valence-electron chi connectivity index (χ2n) is 8.28. The van der Waals surface area contributed by atoms with Crippen LogP contribution in [0.4, 0.5) is 10.2 Å². The number of pyridine rings is 1. The number of fused-ring (bicyclic) bond motifs is 2. The van der Waals surface area contributed by atoms with Crippen molar-refractivity contribution in [2.24, 2.45) is 5.92 Å². The van der Waals surface area contributed by atoms with Gasteiger partial charge in [-0.15, -0.1) is 14.8 Å². The van der Waals surface area contributed by atoms with E-state index in [2.05, 4.69) is 30.4 Å². The van der Waals surface area contributed by atoms with Crippen LogP contribution in [0.25, 0.3) is 22.6 Å². The number of nitrogens with zero attached hydrogens (tertiary/aromatic N) is 7. The minimum Gasteiger partial charge on any atom is -0.493 e. The van der Waals surface area contributed by atoms with Gasteiger partial charge in [0.1, 0.15) is 0 Å². The molecule has 1 saturated carbocycles. The van der Waals surface area contributed by atoms with Gasteiger partial charge in [-0.1, -0.05) is 0 Å². The highest BCUT2D eigenvalue weighted by Gasteiger charge is 2.35. The van der Waals surface area contributed by atoms with E-state index in [1.54, 1.807) is 25.4 Å². The van der Waals surface area contributed by atoms with Crippen molar-refractivity contribution in [3.8, 4) is 17.0 Å². The maximum Gasteiger partial charge on any atom is 0.228 e. The minimum absolute atomic E-state index is 0.0536. The first-order valence-corrected chi connectivity index (χ1v) is 10.3. The van der Waals surface area contributed by atoms with Crippen molar-refractivity contribution in [3.63, 3.8) is 0 Å². The molecule has 1 fully saturated rings. The Bertz CT molecular complexity index is 1340. The van der Waals surface area contributed by atoms with Crippen LogP contribution in [0.1, 0.15) is 18.7 Å². The summed E-state index contributed by atoms with van der Waals surface area (Å²) in [5, 5.41) is 11.5. The number of aryl methyl sites for hydroxylation is 1. The van der Waals surface area contributed by atoms with Crippen molar-refractivity contribution in [2.75, 3.05) is 26.5 Å². The van der Waals surface area contributed by atoms with E-state index in [9.17, 15) is 9.18 Å². The number of carbonyl (C=O) groups excluding carboxylic acids is 1. The normalized spacial score (nSPS) is 18.3. The van der Waals surface area contributed by atoms with Gasteiger partial charge in [0.05, 0.1) is 19.0 Å². The summed E-state index contributed by atoms with van der Waals surface area (Å²) in [5.41, 5.74) is 1.57. The molecule has 0 bridgehead atoms. The number of methoxy groups -OCH3 is 1. The fourth-order valence-corrected chi connectivity index (χ4v) is 3.95. The molecular weight excluding hydrogens is 415 g/mol. The molecule has 4 aromatic rings. The van der Waals surface area contributed by atoms with Crippen molar-refractivity contribution in [2.45, 2.75) is 25.8 Å². The molecule has 11 heteroatoms. The van der Waals surface area contributed by atoms with Gasteiger partial charge in [0.15, 0.2) is 28.9 Å². The van der Waals surface area contributed by atoms with Crippen LogP contribution in [0.2, 0.25) is 0 Å². The minimum atomic E-state index is -0.532. The maximum absolute atomic E-state index is 14.9. The van der Waals surface area contributed by atoms with E-state index >= 15 is 0 Å². The Kier molecular flexibility index (Phi) is 4.77. The van der Waals surface area contributed by atoms with Gasteiger partial charge in [0.25, 0.3) is 0 Å². The summed E-state index contributed by atoms with van der Waals surface area (Å²) in [4.78, 5) is 23.1. The van der Waals surface area contributed by atoms with Crippen molar-refractivity contribution in [1.29, 1.82) is 0 Å². The lowest BCUT2D eigenvalue weighted by molar-refractivity contribution is -0.124. The van der Waals surface area contributed by atoms with Crippen molar-refractivity contribution in [3.05, 3.63) is 36.2 Å². The predicted octanol–water partition coefficient (Wildman–Crippen LogP) is 2.17. The number of amides is 1. The molecule has 0 spiro atoms. The summed E-state index contributed by atoms with van der Waals surface area (Å²) in [6, 6.07) is 3.45. The average Bonchev–Trinajstić information content (AvgIpc) is 3.27. The highest BCUT2D eigenvalue weighted by atomic mass is 19.1. The topological polar surface area (TPSA) is 102 Å². The van der Waals surface area contributed by atoms with E-state index in [0.717, 1.165) is 12.8 Å². The van der Waals surface area contributed by atoms with Gasteiger partial charge in [-0.05, 0) is 39.9 Å². The molecular formula is C21H23FN8O2. The number of hydrogen-bond acceptors (Lipinski definition) is 7. The number of imidazole rings is 1. The van der Waals surface area contributed by atoms with Gasteiger partial charge in [0, 0.05) is 29.8 Å². The zero-order chi connectivity index (χ0) is 22.6. The standard InChI is InChI=1S/C21H23FN8O2/c1-11-23-20-17(32-4)8-16(27-30(20)26-11)13-7-15(22)19-24-18(10-29(19)9-13)25-21(31)12-5-14(6-12)28(2)3/h7-10,12,14H,5-6H2,1-4H3,(H,25,31). The fourth-order valence-electron chi connectivity index (χ4n) is 3.95. The second-order valence-corrected chi connectivity index (χ2v) is 8.28.